The first kappa shape index (κ1) is 20.0. The van der Waals surface area contributed by atoms with Crippen LogP contribution in [0.4, 0.5) is 10.5 Å². The first-order valence-electron chi connectivity index (χ1n) is 10.2. The highest BCUT2D eigenvalue weighted by Gasteiger charge is 2.23. The van der Waals surface area contributed by atoms with Gasteiger partial charge in [0.15, 0.2) is 0 Å². The maximum absolute atomic E-state index is 12.1. The molecule has 2 aromatic rings. The SMILES string of the molecule is CCN1Cc2ncc(CN3CC=C(c4ccc(C(=O)NC)nc4)CC3)cc2NC1=O. The number of urea groups is 1. The summed E-state index contributed by atoms with van der Waals surface area (Å²) in [4.78, 5) is 36.6. The first-order chi connectivity index (χ1) is 14.6. The third-order valence-electron chi connectivity index (χ3n) is 5.57. The minimum absolute atomic E-state index is 0.0643. The molecule has 0 atom stereocenters. The van der Waals surface area contributed by atoms with E-state index in [1.165, 1.54) is 5.57 Å². The Bertz CT molecular complexity index is 986. The van der Waals surface area contributed by atoms with Crippen molar-refractivity contribution >= 4 is 23.2 Å². The van der Waals surface area contributed by atoms with E-state index in [1.807, 2.05) is 25.3 Å². The molecule has 0 fully saturated rings. The molecule has 2 aliphatic heterocycles. The van der Waals surface area contributed by atoms with Crippen LogP contribution in [0.3, 0.4) is 0 Å². The molecule has 156 valence electrons. The van der Waals surface area contributed by atoms with Gasteiger partial charge in [-0.2, -0.15) is 0 Å². The van der Waals surface area contributed by atoms with E-state index in [2.05, 4.69) is 31.6 Å². The van der Waals surface area contributed by atoms with Crippen LogP contribution in [-0.4, -0.2) is 58.4 Å². The number of anilines is 1. The third-order valence-corrected chi connectivity index (χ3v) is 5.57. The highest BCUT2D eigenvalue weighted by molar-refractivity contribution is 5.92. The molecule has 4 heterocycles. The molecule has 0 saturated heterocycles. The average Bonchev–Trinajstić information content (AvgIpc) is 2.78. The second kappa shape index (κ2) is 8.62. The van der Waals surface area contributed by atoms with Crippen molar-refractivity contribution in [3.05, 3.63) is 59.2 Å². The number of nitrogens with zero attached hydrogens (tertiary/aromatic N) is 4. The molecule has 0 aliphatic carbocycles. The zero-order valence-electron chi connectivity index (χ0n) is 17.3. The number of rotatable bonds is 5. The predicted octanol–water partition coefficient (Wildman–Crippen LogP) is 2.49. The first-order valence-corrected chi connectivity index (χ1v) is 10.2. The fourth-order valence-electron chi connectivity index (χ4n) is 3.78. The van der Waals surface area contributed by atoms with Gasteiger partial charge >= 0.3 is 6.03 Å². The summed E-state index contributed by atoms with van der Waals surface area (Å²) in [6, 6.07) is 5.68. The Hall–Kier alpha value is -3.26. The maximum Gasteiger partial charge on any atom is 0.322 e. The molecule has 2 aliphatic rings. The van der Waals surface area contributed by atoms with E-state index in [9.17, 15) is 9.59 Å². The Morgan fingerprint density at radius 3 is 2.80 bits per heavy atom. The Kier molecular flexibility index (Phi) is 5.76. The smallest absolute Gasteiger partial charge is 0.322 e. The number of pyridine rings is 2. The Labute approximate surface area is 176 Å². The van der Waals surface area contributed by atoms with Crippen molar-refractivity contribution in [1.29, 1.82) is 0 Å². The minimum Gasteiger partial charge on any atom is -0.354 e. The second-order valence-electron chi connectivity index (χ2n) is 7.51. The van der Waals surface area contributed by atoms with E-state index in [1.54, 1.807) is 24.2 Å². The summed E-state index contributed by atoms with van der Waals surface area (Å²) < 4.78 is 0. The minimum atomic E-state index is -0.178. The van der Waals surface area contributed by atoms with Crippen LogP contribution in [0.25, 0.3) is 5.57 Å². The molecule has 0 bridgehead atoms. The van der Waals surface area contributed by atoms with Gasteiger partial charge < -0.3 is 15.5 Å². The summed E-state index contributed by atoms with van der Waals surface area (Å²) in [6.45, 7) is 5.73. The van der Waals surface area contributed by atoms with Crippen molar-refractivity contribution in [3.63, 3.8) is 0 Å². The number of carbonyl (C=O) groups is 2. The normalized spacial score (nSPS) is 16.5. The van der Waals surface area contributed by atoms with Crippen molar-refractivity contribution in [2.45, 2.75) is 26.4 Å². The fraction of sp³-hybridized carbons (Fsp3) is 0.364. The van der Waals surface area contributed by atoms with Crippen molar-refractivity contribution in [2.75, 3.05) is 32.0 Å². The second-order valence-corrected chi connectivity index (χ2v) is 7.51. The number of hydrogen-bond acceptors (Lipinski definition) is 5. The van der Waals surface area contributed by atoms with E-state index >= 15 is 0 Å². The Balaban J connectivity index is 1.39. The lowest BCUT2D eigenvalue weighted by Crippen LogP contribution is -2.39. The van der Waals surface area contributed by atoms with Crippen molar-refractivity contribution < 1.29 is 9.59 Å². The van der Waals surface area contributed by atoms with Crippen LogP contribution in [-0.2, 0) is 13.1 Å². The third kappa shape index (κ3) is 4.18. The Morgan fingerprint density at radius 1 is 1.27 bits per heavy atom. The molecule has 8 nitrogen and oxygen atoms in total. The van der Waals surface area contributed by atoms with Gasteiger partial charge in [-0.1, -0.05) is 12.1 Å². The van der Waals surface area contributed by atoms with E-state index in [4.69, 9.17) is 0 Å². The van der Waals surface area contributed by atoms with Gasteiger partial charge in [-0.25, -0.2) is 4.79 Å². The van der Waals surface area contributed by atoms with Crippen LogP contribution >= 0.6 is 0 Å². The van der Waals surface area contributed by atoms with Gasteiger partial charge in [0.25, 0.3) is 5.91 Å². The number of amides is 3. The van der Waals surface area contributed by atoms with Crippen LogP contribution in [0.1, 0.15) is 40.7 Å². The molecule has 0 unspecified atom stereocenters. The molecule has 30 heavy (non-hydrogen) atoms. The zero-order chi connectivity index (χ0) is 21.1. The number of hydrogen-bond donors (Lipinski definition) is 2. The summed E-state index contributed by atoms with van der Waals surface area (Å²) in [6.07, 6.45) is 6.81. The molecule has 8 heteroatoms. The standard InChI is InChI=1S/C22H26N6O2/c1-3-28-14-20-19(26-22(28)30)10-15(11-24-20)13-27-8-6-16(7-9-27)17-4-5-18(25-12-17)21(29)23-2/h4-6,10-12H,3,7-9,13-14H2,1-2H3,(H,23,29)(H,26,30). The molecular formula is C22H26N6O2. The predicted molar refractivity (Wildman–Crippen MR) is 115 cm³/mol. The monoisotopic (exact) mass is 406 g/mol. The van der Waals surface area contributed by atoms with E-state index in [-0.39, 0.29) is 11.9 Å². The van der Waals surface area contributed by atoms with Gasteiger partial charge in [0.1, 0.15) is 5.69 Å². The topological polar surface area (TPSA) is 90.5 Å². The molecule has 0 aromatic carbocycles. The molecule has 0 spiro atoms. The number of carbonyl (C=O) groups excluding carboxylic acids is 2. The van der Waals surface area contributed by atoms with Crippen molar-refractivity contribution in [1.82, 2.24) is 25.1 Å². The number of fused-ring (bicyclic) bond motifs is 1. The van der Waals surface area contributed by atoms with Gasteiger partial charge in [-0.15, -0.1) is 0 Å². The van der Waals surface area contributed by atoms with Crippen LogP contribution in [0.2, 0.25) is 0 Å². The molecule has 0 saturated carbocycles. The summed E-state index contributed by atoms with van der Waals surface area (Å²) in [7, 11) is 1.60. The van der Waals surface area contributed by atoms with Crippen LogP contribution in [0.5, 0.6) is 0 Å². The summed E-state index contributed by atoms with van der Waals surface area (Å²) in [5, 5.41) is 5.52. The lowest BCUT2D eigenvalue weighted by atomic mass is 10.0. The summed E-state index contributed by atoms with van der Waals surface area (Å²) in [5.74, 6) is -0.178. The molecule has 0 radical (unpaired) electrons. The maximum atomic E-state index is 12.1. The highest BCUT2D eigenvalue weighted by Crippen LogP contribution is 2.25. The molecule has 3 amide bonds. The fourth-order valence-corrected chi connectivity index (χ4v) is 3.78. The van der Waals surface area contributed by atoms with Crippen molar-refractivity contribution in [3.8, 4) is 0 Å². The Morgan fingerprint density at radius 2 is 2.13 bits per heavy atom. The summed E-state index contributed by atoms with van der Waals surface area (Å²) in [5.41, 5.74) is 5.55. The van der Waals surface area contributed by atoms with Gasteiger partial charge in [0.05, 0.1) is 17.9 Å². The van der Waals surface area contributed by atoms with Gasteiger partial charge in [-0.3, -0.25) is 19.7 Å². The van der Waals surface area contributed by atoms with Crippen LogP contribution in [0, 0.1) is 0 Å². The average molecular weight is 406 g/mol. The van der Waals surface area contributed by atoms with Gasteiger partial charge in [-0.05, 0) is 42.2 Å². The lowest BCUT2D eigenvalue weighted by molar-refractivity contribution is 0.0958. The van der Waals surface area contributed by atoms with E-state index in [0.29, 0.717) is 18.8 Å². The largest absolute Gasteiger partial charge is 0.354 e. The van der Waals surface area contributed by atoms with Gasteiger partial charge in [0.2, 0.25) is 0 Å². The molecule has 2 N–H and O–H groups in total. The van der Waals surface area contributed by atoms with Crippen LogP contribution < -0.4 is 10.6 Å². The highest BCUT2D eigenvalue weighted by atomic mass is 16.2. The number of aromatic nitrogens is 2. The van der Waals surface area contributed by atoms with Crippen molar-refractivity contribution in [2.24, 2.45) is 0 Å². The quantitative estimate of drug-likeness (QED) is 0.796. The van der Waals surface area contributed by atoms with Gasteiger partial charge in [0, 0.05) is 45.6 Å². The van der Waals surface area contributed by atoms with Crippen LogP contribution in [0.15, 0.2) is 36.7 Å². The van der Waals surface area contributed by atoms with E-state index in [0.717, 1.165) is 48.6 Å². The summed E-state index contributed by atoms with van der Waals surface area (Å²) >= 11 is 0. The lowest BCUT2D eigenvalue weighted by Gasteiger charge is -2.29. The molecule has 2 aromatic heterocycles. The number of nitrogens with one attached hydrogen (secondary N) is 2. The molecule has 4 rings (SSSR count). The zero-order valence-corrected chi connectivity index (χ0v) is 17.3. The van der Waals surface area contributed by atoms with E-state index < -0.39 is 0 Å². The molecular weight excluding hydrogens is 380 g/mol.